The van der Waals surface area contributed by atoms with E-state index >= 15 is 0 Å². The summed E-state index contributed by atoms with van der Waals surface area (Å²) in [5.41, 5.74) is 6.10. The van der Waals surface area contributed by atoms with Crippen LogP contribution in [0.4, 0.5) is 11.4 Å². The van der Waals surface area contributed by atoms with Crippen LogP contribution in [-0.2, 0) is 6.54 Å². The zero-order valence-corrected chi connectivity index (χ0v) is 35.5. The molecule has 4 heterocycles. The number of halogens is 2. The van der Waals surface area contributed by atoms with Crippen molar-refractivity contribution in [2.75, 3.05) is 0 Å². The van der Waals surface area contributed by atoms with Crippen molar-refractivity contribution in [1.29, 1.82) is 0 Å². The van der Waals surface area contributed by atoms with Gasteiger partial charge < -0.3 is 0 Å². The molecule has 0 spiro atoms. The minimum absolute atomic E-state index is 0.153. The van der Waals surface area contributed by atoms with Gasteiger partial charge >= 0.3 is 231 Å². The molecule has 0 bridgehead atoms. The Hall–Kier alpha value is -0.901. The first-order valence-electron chi connectivity index (χ1n) is 18.6. The van der Waals surface area contributed by atoms with E-state index in [0.717, 1.165) is 47.7 Å². The van der Waals surface area contributed by atoms with Gasteiger partial charge in [0.05, 0.1) is 0 Å². The van der Waals surface area contributed by atoms with E-state index in [4.69, 9.17) is 18.1 Å². The molecule has 0 amide bonds. The van der Waals surface area contributed by atoms with E-state index in [-0.39, 0.29) is 14.6 Å². The molecule has 3 aromatic heterocycles. The number of thiophene rings is 2. The van der Waals surface area contributed by atoms with Gasteiger partial charge in [-0.15, -0.1) is 0 Å². The monoisotopic (exact) mass is 881 g/mol. The molecule has 10 heteroatoms. The molecule has 48 heavy (non-hydrogen) atoms. The van der Waals surface area contributed by atoms with Crippen LogP contribution in [0.5, 0.6) is 0 Å². The summed E-state index contributed by atoms with van der Waals surface area (Å²) >= 11 is 10.7. The van der Waals surface area contributed by atoms with Crippen LogP contribution < -0.4 is 0 Å². The predicted molar refractivity (Wildman–Crippen MR) is 217 cm³/mol. The molecule has 4 aromatic rings. The standard InChI is InChI=1S/C38H53Br2N5S2Se/c1-3-5-7-9-11-13-14-16-18-20-22-28(21-19-17-15-12-10-8-6-4-2)27-45-41-35-33(29-23-25-31(39)46-29)37-38(44-48-43-37)34(36(35)42-45)30-24-26-32(40)47-30/h23-26,28H,3-22,27H2,1-2H3. The Labute approximate surface area is 319 Å². The van der Waals surface area contributed by atoms with Gasteiger partial charge in [-0.3, -0.25) is 0 Å². The average molecular weight is 883 g/mol. The molecule has 0 saturated carbocycles. The third kappa shape index (κ3) is 11.0. The fraction of sp³-hybridized carbons (Fsp3) is 0.632. The number of fused-ring (bicyclic) bond motifs is 2. The van der Waals surface area contributed by atoms with Crippen molar-refractivity contribution >= 4 is 91.5 Å². The Balaban J connectivity index is 1.31. The third-order valence-electron chi connectivity index (χ3n) is 9.58. The van der Waals surface area contributed by atoms with Gasteiger partial charge in [-0.05, 0) is 0 Å². The van der Waals surface area contributed by atoms with Gasteiger partial charge in [0.25, 0.3) is 0 Å². The first kappa shape index (κ1) is 38.3. The fourth-order valence-corrected chi connectivity index (χ4v) is 11.0. The SMILES string of the molecule is CCCCCCCCCCCCC(CCCCCCCCCC)Cn1nc2c(-c3ccc(Br)s3)c3c(c(-c4ccc(Br)s4)c2n1)N=[Se]=N3. The first-order chi connectivity index (χ1) is 23.6. The van der Waals surface area contributed by atoms with E-state index in [1.54, 1.807) is 22.7 Å². The second-order valence-corrected chi connectivity index (χ2v) is 19.5. The summed E-state index contributed by atoms with van der Waals surface area (Å²) in [6, 6.07) is 8.61. The molecule has 0 N–H and O–H groups in total. The van der Waals surface area contributed by atoms with E-state index in [9.17, 15) is 0 Å². The van der Waals surface area contributed by atoms with E-state index < -0.39 is 0 Å². The van der Waals surface area contributed by atoms with Gasteiger partial charge in [0.1, 0.15) is 0 Å². The minimum atomic E-state index is -0.153. The molecule has 0 fully saturated rings. The molecule has 1 aliphatic rings. The molecule has 5 nitrogen and oxygen atoms in total. The van der Waals surface area contributed by atoms with E-state index in [1.165, 1.54) is 138 Å². The molecule has 1 aliphatic heterocycles. The molecule has 0 aliphatic carbocycles. The zero-order valence-electron chi connectivity index (χ0n) is 29.0. The molecule has 1 unspecified atom stereocenters. The average Bonchev–Trinajstić information content (AvgIpc) is 3.90. The molecular weight excluding hydrogens is 829 g/mol. The Bertz CT molecular complexity index is 1550. The van der Waals surface area contributed by atoms with Crippen molar-refractivity contribution in [3.8, 4) is 20.9 Å². The van der Waals surface area contributed by atoms with Crippen molar-refractivity contribution < 1.29 is 0 Å². The number of nitrogens with zero attached hydrogens (tertiary/aromatic N) is 5. The van der Waals surface area contributed by atoms with Crippen molar-refractivity contribution in [1.82, 2.24) is 15.0 Å². The van der Waals surface area contributed by atoms with Gasteiger partial charge in [0.2, 0.25) is 0 Å². The van der Waals surface area contributed by atoms with E-state index in [1.807, 2.05) is 4.80 Å². The van der Waals surface area contributed by atoms with Gasteiger partial charge in [-0.2, -0.15) is 0 Å². The second kappa shape index (κ2) is 20.8. The Morgan fingerprint density at radius 2 is 0.979 bits per heavy atom. The van der Waals surface area contributed by atoms with Crippen LogP contribution in [0.15, 0.2) is 39.8 Å². The summed E-state index contributed by atoms with van der Waals surface area (Å²) in [5.74, 6) is 0.601. The number of hydrogen-bond acceptors (Lipinski definition) is 6. The van der Waals surface area contributed by atoms with Crippen LogP contribution in [0.1, 0.15) is 142 Å². The van der Waals surface area contributed by atoms with Crippen molar-refractivity contribution in [2.45, 2.75) is 149 Å². The number of hydrogen-bond donors (Lipinski definition) is 0. The first-order valence-corrected chi connectivity index (χ1v) is 23.4. The predicted octanol–water partition coefficient (Wildman–Crippen LogP) is 15.2. The summed E-state index contributed by atoms with van der Waals surface area (Å²) in [6.45, 7) is 5.48. The number of aromatic nitrogens is 3. The number of benzene rings is 1. The summed E-state index contributed by atoms with van der Waals surface area (Å²) in [5, 5.41) is 10.6. The molecule has 1 atom stereocenters. The van der Waals surface area contributed by atoms with Gasteiger partial charge in [0, 0.05) is 0 Å². The Morgan fingerprint density at radius 1 is 0.583 bits per heavy atom. The summed E-state index contributed by atoms with van der Waals surface area (Å²) < 4.78 is 12.2. The van der Waals surface area contributed by atoms with Crippen LogP contribution in [0, 0.1) is 5.92 Å². The van der Waals surface area contributed by atoms with Crippen molar-refractivity contribution in [3.63, 3.8) is 0 Å². The van der Waals surface area contributed by atoms with Gasteiger partial charge in [0.15, 0.2) is 0 Å². The molecule has 0 saturated heterocycles. The van der Waals surface area contributed by atoms with Crippen molar-refractivity contribution in [3.05, 3.63) is 31.8 Å². The molecule has 5 rings (SSSR count). The summed E-state index contributed by atoms with van der Waals surface area (Å²) in [7, 11) is 0. The summed E-state index contributed by atoms with van der Waals surface area (Å²) in [4.78, 5) is 4.38. The molecular formula is C38H53Br2N5S2Se. The Kier molecular flexibility index (Phi) is 16.6. The topological polar surface area (TPSA) is 55.4 Å². The third-order valence-corrected chi connectivity index (χ3v) is 14.0. The van der Waals surface area contributed by atoms with Crippen LogP contribution in [0.25, 0.3) is 31.9 Å². The van der Waals surface area contributed by atoms with Crippen LogP contribution >= 0.6 is 54.5 Å². The van der Waals surface area contributed by atoms with E-state index in [2.05, 4.69) is 70.0 Å². The Morgan fingerprint density at radius 3 is 1.35 bits per heavy atom. The molecule has 0 radical (unpaired) electrons. The fourth-order valence-electron chi connectivity index (χ4n) is 6.92. The normalized spacial score (nSPS) is 13.1. The summed E-state index contributed by atoms with van der Waals surface area (Å²) in [6.07, 6.45) is 27.3. The van der Waals surface area contributed by atoms with Crippen LogP contribution in [0.2, 0.25) is 0 Å². The number of rotatable bonds is 24. The maximum absolute atomic E-state index is 5.29. The maximum atomic E-state index is 5.29. The van der Waals surface area contributed by atoms with Crippen LogP contribution in [-0.4, -0.2) is 29.6 Å². The van der Waals surface area contributed by atoms with Crippen LogP contribution in [0.3, 0.4) is 0 Å². The number of unbranched alkanes of at least 4 members (excludes halogenated alkanes) is 16. The van der Waals surface area contributed by atoms with Gasteiger partial charge in [-0.1, -0.05) is 90.9 Å². The molecule has 262 valence electrons. The van der Waals surface area contributed by atoms with Crippen molar-refractivity contribution in [2.24, 2.45) is 13.8 Å². The molecule has 1 aromatic carbocycles. The second-order valence-electron chi connectivity index (χ2n) is 13.5. The van der Waals surface area contributed by atoms with E-state index in [0.29, 0.717) is 5.92 Å². The quantitative estimate of drug-likeness (QED) is 0.0458. The van der Waals surface area contributed by atoms with Gasteiger partial charge in [-0.25, -0.2) is 0 Å². The zero-order chi connectivity index (χ0) is 33.6.